The average molecular weight is 2020 g/mol. The second-order valence-corrected chi connectivity index (χ2v) is 44.4. The predicted octanol–water partition coefficient (Wildman–Crippen LogP) is 42.2. The third-order valence-electron chi connectivity index (χ3n) is 29.4. The third kappa shape index (κ3) is 15.5. The fourth-order valence-electron chi connectivity index (χ4n) is 22.4. The summed E-state index contributed by atoms with van der Waals surface area (Å²) in [6.45, 7) is 0. The summed E-state index contributed by atoms with van der Waals surface area (Å²) < 4.78 is 23.5. The van der Waals surface area contributed by atoms with E-state index in [-0.39, 0.29) is 0 Å². The third-order valence-corrected chi connectivity index (χ3v) is 36.9. The molecule has 0 saturated carbocycles. The van der Waals surface area contributed by atoms with Crippen LogP contribution in [0.1, 0.15) is 0 Å². The lowest BCUT2D eigenvalue weighted by Gasteiger charge is -2.26. The van der Waals surface area contributed by atoms with Crippen LogP contribution >= 0.6 is 68.0 Å². The molecule has 150 heavy (non-hydrogen) atoms. The van der Waals surface area contributed by atoms with E-state index < -0.39 is 0 Å². The molecule has 12 heteroatoms. The average Bonchev–Trinajstić information content (AvgIpc) is 1.56. The quantitative estimate of drug-likeness (QED) is 0.0964. The summed E-state index contributed by atoms with van der Waals surface area (Å²) in [5.41, 5.74) is 30.7. The van der Waals surface area contributed by atoms with Crippen LogP contribution in [0.4, 0.5) is 51.2 Å². The second kappa shape index (κ2) is 37.3. The lowest BCUT2D eigenvalue weighted by atomic mass is 10.0. The number of rotatable bonds is 16. The van der Waals surface area contributed by atoms with Gasteiger partial charge in [0.25, 0.3) is 0 Å². The van der Waals surface area contributed by atoms with E-state index in [1.807, 2.05) is 68.0 Å². The van der Waals surface area contributed by atoms with E-state index in [4.69, 9.17) is 0 Å². The largest absolute Gasteiger partial charge is 0.310 e. The maximum Gasteiger partial charge on any atom is 0.0542 e. The van der Waals surface area contributed by atoms with Gasteiger partial charge in [-0.05, 0) is 263 Å². The molecular weight excluding hydrogens is 1930 g/mol. The van der Waals surface area contributed by atoms with Gasteiger partial charge in [0.2, 0.25) is 0 Å². The molecule has 0 spiro atoms. The molecule has 706 valence electrons. The molecule has 0 saturated heterocycles. The fourth-order valence-corrected chi connectivity index (χ4v) is 30.4. The highest BCUT2D eigenvalue weighted by Crippen LogP contribution is 2.53. The van der Waals surface area contributed by atoms with Crippen molar-refractivity contribution in [2.75, 3.05) is 14.7 Å². The molecule has 0 atom stereocenters. The Morgan fingerprint density at radius 1 is 0.120 bits per heavy atom. The van der Waals surface area contributed by atoms with Crippen molar-refractivity contribution in [3.63, 3.8) is 0 Å². The molecule has 9 heterocycles. The molecule has 0 N–H and O–H groups in total. The Labute approximate surface area is 889 Å². The lowest BCUT2D eigenvalue weighted by Crippen LogP contribution is -2.09. The van der Waals surface area contributed by atoms with Gasteiger partial charge in [0.1, 0.15) is 0 Å². The number of anilines is 9. The van der Waals surface area contributed by atoms with Crippen molar-refractivity contribution in [2.45, 2.75) is 0 Å². The predicted molar refractivity (Wildman–Crippen MR) is 653 cm³/mol. The number of hydrogen-bond acceptors (Lipinski definition) is 9. The molecule has 0 unspecified atom stereocenters. The van der Waals surface area contributed by atoms with Gasteiger partial charge in [0, 0.05) is 161 Å². The van der Waals surface area contributed by atoms with Gasteiger partial charge < -0.3 is 28.4 Å². The van der Waals surface area contributed by atoms with Crippen LogP contribution in [-0.2, 0) is 0 Å². The normalized spacial score (nSPS) is 11.7. The monoisotopic (exact) mass is 2020 g/mol. The second-order valence-electron chi connectivity index (χ2n) is 38.1. The summed E-state index contributed by atoms with van der Waals surface area (Å²) in [7, 11) is 0. The molecule has 0 radical (unpaired) electrons. The molecule has 0 aliphatic carbocycles. The van der Waals surface area contributed by atoms with Crippen molar-refractivity contribution >= 4 is 273 Å². The van der Waals surface area contributed by atoms with Crippen molar-refractivity contribution in [3.8, 4) is 61.6 Å². The molecule has 22 aromatic carbocycles. The van der Waals surface area contributed by atoms with Gasteiger partial charge in [-0.3, -0.25) is 0 Å². The summed E-state index contributed by atoms with van der Waals surface area (Å²) in [5.74, 6) is 0. The first-order chi connectivity index (χ1) is 74.4. The van der Waals surface area contributed by atoms with Crippen LogP contribution in [0.15, 0.2) is 534 Å². The van der Waals surface area contributed by atoms with Gasteiger partial charge in [0.15, 0.2) is 0 Å². The molecule has 9 aromatic heterocycles. The minimum absolute atomic E-state index is 1.12. The molecule has 0 fully saturated rings. The van der Waals surface area contributed by atoms with Crippen LogP contribution in [0, 0.1) is 0 Å². The van der Waals surface area contributed by atoms with Gasteiger partial charge >= 0.3 is 0 Å². The zero-order chi connectivity index (χ0) is 98.8. The fraction of sp³-hybridized carbons (Fsp3) is 0. The van der Waals surface area contributed by atoms with Crippen LogP contribution < -0.4 is 14.7 Å². The maximum absolute atomic E-state index is 2.39. The number of hydrogen-bond donors (Lipinski definition) is 0. The van der Waals surface area contributed by atoms with Crippen molar-refractivity contribution in [1.82, 2.24) is 13.7 Å². The van der Waals surface area contributed by atoms with Gasteiger partial charge in [-0.1, -0.05) is 315 Å². The zero-order valence-corrected chi connectivity index (χ0v) is 85.8. The summed E-state index contributed by atoms with van der Waals surface area (Å²) in [6, 6.07) is 194. The van der Waals surface area contributed by atoms with Crippen LogP contribution in [-0.4, -0.2) is 13.7 Å². The van der Waals surface area contributed by atoms with E-state index in [2.05, 4.69) is 562 Å². The van der Waals surface area contributed by atoms with Gasteiger partial charge in [-0.25, -0.2) is 0 Å². The molecule has 6 nitrogen and oxygen atoms in total. The summed E-state index contributed by atoms with van der Waals surface area (Å²) in [6.07, 6.45) is 0. The number of nitrogens with zero attached hydrogens (tertiary/aromatic N) is 6. The zero-order valence-electron chi connectivity index (χ0n) is 80.9. The van der Waals surface area contributed by atoms with Crippen LogP contribution in [0.25, 0.3) is 216 Å². The molecular formula is C138H88N6S6. The van der Waals surface area contributed by atoms with E-state index in [0.29, 0.717) is 0 Å². The van der Waals surface area contributed by atoms with Gasteiger partial charge in [-0.15, -0.1) is 68.0 Å². The van der Waals surface area contributed by atoms with Crippen LogP contribution in [0.5, 0.6) is 0 Å². The van der Waals surface area contributed by atoms with Gasteiger partial charge in [-0.2, -0.15) is 0 Å². The Morgan fingerprint density at radius 3 is 0.747 bits per heavy atom. The molecule has 31 aromatic rings. The van der Waals surface area contributed by atoms with Crippen molar-refractivity contribution in [1.29, 1.82) is 0 Å². The number of benzene rings is 22. The minimum atomic E-state index is 1.12. The first kappa shape index (κ1) is 88.7. The van der Waals surface area contributed by atoms with E-state index in [9.17, 15) is 0 Å². The molecule has 0 aliphatic rings. The minimum Gasteiger partial charge on any atom is -0.310 e. The SMILES string of the molecule is c1ccc(-c2ccc(N(c3ccc(-c4ccc5c(c4)c4ccccc4n5-c4ccccc4)cc3)c3ccc4c(c3)sc3c5ccccc5sc43)cc2)cc1.c1ccc(N(c2ccc(-c3ccc4c(c3)sc3c5ccccc5sc43)cc2)c2ccc3c(c2)c2ccccc2n3-c2ccccc2)cc1.c1ccc(N(c2cccc(-c3ccc4c(c3)c3ccccc3n4-c3ccccc3)c2)c2ccc3c(c2)sc2c4ccccc4sc32)cc1. The van der Waals surface area contributed by atoms with Crippen molar-refractivity contribution in [3.05, 3.63) is 534 Å². The highest BCUT2D eigenvalue weighted by molar-refractivity contribution is 7.38. The number of aromatic nitrogens is 3. The van der Waals surface area contributed by atoms with E-state index in [1.165, 1.54) is 216 Å². The van der Waals surface area contributed by atoms with E-state index in [0.717, 1.165) is 51.2 Å². The van der Waals surface area contributed by atoms with Crippen molar-refractivity contribution in [2.24, 2.45) is 0 Å². The molecule has 31 rings (SSSR count). The molecule has 0 bridgehead atoms. The van der Waals surface area contributed by atoms with Gasteiger partial charge in [0.05, 0.1) is 61.3 Å². The Hall–Kier alpha value is -17.8. The summed E-state index contributed by atoms with van der Waals surface area (Å²) in [5, 5.41) is 15.6. The van der Waals surface area contributed by atoms with E-state index >= 15 is 0 Å². The molecule has 0 amide bonds. The van der Waals surface area contributed by atoms with E-state index in [1.54, 1.807) is 0 Å². The number of para-hydroxylation sites is 8. The Balaban J connectivity index is 0.000000106. The van der Waals surface area contributed by atoms with Crippen LogP contribution in [0.2, 0.25) is 0 Å². The Kier molecular flexibility index (Phi) is 22.0. The summed E-state index contributed by atoms with van der Waals surface area (Å²) >= 11 is 11.4. The topological polar surface area (TPSA) is 24.5 Å². The highest BCUT2D eigenvalue weighted by Gasteiger charge is 2.26. The first-order valence-electron chi connectivity index (χ1n) is 50.6. The first-order valence-corrected chi connectivity index (χ1v) is 55.5. The Bertz CT molecular complexity index is 10600. The lowest BCUT2D eigenvalue weighted by molar-refractivity contribution is 1.18. The number of thiophene rings is 6. The summed E-state index contributed by atoms with van der Waals surface area (Å²) in [4.78, 5) is 7.13. The van der Waals surface area contributed by atoms with Crippen molar-refractivity contribution < 1.29 is 0 Å². The van der Waals surface area contributed by atoms with Crippen LogP contribution in [0.3, 0.4) is 0 Å². The smallest absolute Gasteiger partial charge is 0.0542 e. The maximum atomic E-state index is 2.39. The molecule has 0 aliphatic heterocycles. The standard InChI is InChI=1S/C50H32N2S2.2C44H28N2S2/c1-3-11-33(12-4-1)34-19-24-38(25-20-34)51(40-28-29-43-48(32-40)54-49-42-16-8-10-18-47(42)53-50(43)49)39-26-21-35(22-27-39)36-23-30-46-44(31-36)41-15-7-9-17-45(41)52(46)37-13-5-2-6-14-37;1-3-13-31(14-4-1)45(34-23-24-37-42(28-34)48-43-36-19-8-10-21-41(36)47-44(37)43)33-17-11-12-29(26-33)30-22-25-40-38(27-30)35-18-7-9-20-39(35)46(40)32-15-5-2-6-16-32;1-3-11-31(12-4-1)45(34-24-26-40-38(28-34)35-15-7-9-17-39(35)46(40)32-13-5-2-6-14-32)33-22-19-29(20-23-33)30-21-25-37-42(27-30)48-43-36-16-8-10-18-41(36)47-44(37)43/h1-32H;2*1-28H. The number of fused-ring (bicyclic) bond motifs is 24. The highest BCUT2D eigenvalue weighted by atomic mass is 32.1. The Morgan fingerprint density at radius 2 is 0.340 bits per heavy atom.